The highest BCUT2D eigenvalue weighted by Crippen LogP contribution is 2.45. The molecule has 8 heteroatoms. The van der Waals surface area contributed by atoms with Crippen molar-refractivity contribution in [2.75, 3.05) is 27.4 Å². The van der Waals surface area contributed by atoms with E-state index in [2.05, 4.69) is 4.99 Å². The number of benzene rings is 1. The molecule has 3 nitrogen and oxygen atoms in total. The van der Waals surface area contributed by atoms with Crippen molar-refractivity contribution in [3.05, 3.63) is 35.4 Å². The topological polar surface area (TPSA) is 30.8 Å². The standard InChI is InChI=1S/C18H20F5NO2/c1-25-9-7-16(8-10-26-2)6-5-13-3-4-14(11-15(13)24-12-16)17(19,20)18(21,22)23/h3-6,11-12H,7-10H2,1-2H3. The number of methoxy groups -OCH3 is 2. The van der Waals surface area contributed by atoms with Crippen LogP contribution in [-0.4, -0.2) is 39.8 Å². The van der Waals surface area contributed by atoms with E-state index in [0.717, 1.165) is 12.1 Å². The molecule has 144 valence electrons. The van der Waals surface area contributed by atoms with Gasteiger partial charge in [0.2, 0.25) is 0 Å². The van der Waals surface area contributed by atoms with Gasteiger partial charge < -0.3 is 9.47 Å². The number of halogens is 5. The third kappa shape index (κ3) is 4.29. The highest BCUT2D eigenvalue weighted by atomic mass is 19.4. The van der Waals surface area contributed by atoms with E-state index >= 15 is 0 Å². The third-order valence-corrected chi connectivity index (χ3v) is 4.35. The Morgan fingerprint density at radius 1 is 1.00 bits per heavy atom. The number of aliphatic imine (C=N–C) groups is 1. The molecule has 0 atom stereocenters. The Bertz CT molecular complexity index is 675. The van der Waals surface area contributed by atoms with E-state index < -0.39 is 23.1 Å². The van der Waals surface area contributed by atoms with Crippen molar-refractivity contribution in [3.8, 4) is 0 Å². The summed E-state index contributed by atoms with van der Waals surface area (Å²) in [5.41, 5.74) is -1.12. The number of nitrogens with zero attached hydrogens (tertiary/aromatic N) is 1. The van der Waals surface area contributed by atoms with E-state index in [9.17, 15) is 22.0 Å². The zero-order chi connectivity index (χ0) is 19.4. The summed E-state index contributed by atoms with van der Waals surface area (Å²) in [7, 11) is 3.11. The quantitative estimate of drug-likeness (QED) is 0.617. The second kappa shape index (κ2) is 7.84. The van der Waals surface area contributed by atoms with Crippen molar-refractivity contribution in [2.45, 2.75) is 24.9 Å². The van der Waals surface area contributed by atoms with E-state index in [1.807, 2.05) is 6.08 Å². The summed E-state index contributed by atoms with van der Waals surface area (Å²) in [5.74, 6) is -4.93. The zero-order valence-corrected chi connectivity index (χ0v) is 14.4. The van der Waals surface area contributed by atoms with Gasteiger partial charge in [0.15, 0.2) is 0 Å². The Kier molecular flexibility index (Phi) is 6.18. The van der Waals surface area contributed by atoms with Gasteiger partial charge in [-0.25, -0.2) is 0 Å². The fourth-order valence-corrected chi connectivity index (χ4v) is 2.66. The molecule has 1 aliphatic rings. The molecule has 26 heavy (non-hydrogen) atoms. The molecule has 0 amide bonds. The highest BCUT2D eigenvalue weighted by Gasteiger charge is 2.58. The Balaban J connectivity index is 2.40. The minimum Gasteiger partial charge on any atom is -0.385 e. The van der Waals surface area contributed by atoms with Gasteiger partial charge >= 0.3 is 12.1 Å². The largest absolute Gasteiger partial charge is 0.458 e. The van der Waals surface area contributed by atoms with Crippen molar-refractivity contribution < 1.29 is 31.4 Å². The Hall–Kier alpha value is -1.80. The molecule has 2 rings (SSSR count). The summed E-state index contributed by atoms with van der Waals surface area (Å²) in [5, 5.41) is 0. The van der Waals surface area contributed by atoms with Gasteiger partial charge in [-0.3, -0.25) is 4.99 Å². The number of ether oxygens (including phenoxy) is 2. The molecular weight excluding hydrogens is 357 g/mol. The molecule has 1 aliphatic heterocycles. The number of hydrogen-bond donors (Lipinski definition) is 0. The first-order valence-corrected chi connectivity index (χ1v) is 7.97. The fourth-order valence-electron chi connectivity index (χ4n) is 2.66. The van der Waals surface area contributed by atoms with E-state index in [-0.39, 0.29) is 5.69 Å². The van der Waals surface area contributed by atoms with E-state index in [0.29, 0.717) is 31.6 Å². The Morgan fingerprint density at radius 2 is 1.62 bits per heavy atom. The molecule has 0 aliphatic carbocycles. The summed E-state index contributed by atoms with van der Waals surface area (Å²) in [4.78, 5) is 4.20. The van der Waals surface area contributed by atoms with Crippen molar-refractivity contribution in [2.24, 2.45) is 10.4 Å². The first kappa shape index (κ1) is 20.5. The van der Waals surface area contributed by atoms with Crippen LogP contribution in [0.15, 0.2) is 29.3 Å². The van der Waals surface area contributed by atoms with Crippen LogP contribution >= 0.6 is 0 Å². The summed E-state index contributed by atoms with van der Waals surface area (Å²) >= 11 is 0. The second-order valence-corrected chi connectivity index (χ2v) is 6.16. The zero-order valence-electron chi connectivity index (χ0n) is 14.4. The molecule has 0 aromatic heterocycles. The molecule has 0 saturated heterocycles. The number of hydrogen-bond acceptors (Lipinski definition) is 3. The Morgan fingerprint density at radius 3 is 2.15 bits per heavy atom. The van der Waals surface area contributed by atoms with Gasteiger partial charge in [-0.05, 0) is 24.5 Å². The lowest BCUT2D eigenvalue weighted by Crippen LogP contribution is -2.33. The van der Waals surface area contributed by atoms with Crippen LogP contribution in [0.2, 0.25) is 0 Å². The lowest BCUT2D eigenvalue weighted by molar-refractivity contribution is -0.289. The molecule has 1 aromatic carbocycles. The lowest BCUT2D eigenvalue weighted by atomic mass is 9.82. The summed E-state index contributed by atoms with van der Waals surface area (Å²) < 4.78 is 75.2. The first-order valence-electron chi connectivity index (χ1n) is 7.97. The van der Waals surface area contributed by atoms with E-state index in [1.54, 1.807) is 26.5 Å². The minimum absolute atomic E-state index is 0.0689. The predicted molar refractivity (Wildman–Crippen MR) is 89.0 cm³/mol. The molecule has 0 saturated carbocycles. The SMILES string of the molecule is COCCC1(CCOC)C=Cc2ccc(C(F)(F)C(F)(F)F)cc2N=C1. The monoisotopic (exact) mass is 377 g/mol. The van der Waals surface area contributed by atoms with Gasteiger partial charge in [0.1, 0.15) is 0 Å². The average molecular weight is 377 g/mol. The lowest BCUT2D eigenvalue weighted by Gasteiger charge is -2.25. The normalized spacial score (nSPS) is 16.4. The molecule has 0 radical (unpaired) electrons. The van der Waals surface area contributed by atoms with Crippen LogP contribution in [0.25, 0.3) is 6.08 Å². The highest BCUT2D eigenvalue weighted by molar-refractivity contribution is 5.80. The van der Waals surface area contributed by atoms with Crippen molar-refractivity contribution in [3.63, 3.8) is 0 Å². The summed E-state index contributed by atoms with van der Waals surface area (Å²) in [6.45, 7) is 0.877. The molecule has 1 heterocycles. The Labute approximate surface area is 148 Å². The number of fused-ring (bicyclic) bond motifs is 1. The van der Waals surface area contributed by atoms with Gasteiger partial charge in [-0.2, -0.15) is 22.0 Å². The van der Waals surface area contributed by atoms with Gasteiger partial charge in [0.05, 0.1) is 5.69 Å². The maximum absolute atomic E-state index is 13.6. The number of rotatable bonds is 7. The maximum atomic E-state index is 13.6. The second-order valence-electron chi connectivity index (χ2n) is 6.16. The fraction of sp³-hybridized carbons (Fsp3) is 0.500. The number of alkyl halides is 5. The number of allylic oxidation sites excluding steroid dienone is 1. The molecule has 0 N–H and O–H groups in total. The van der Waals surface area contributed by atoms with Crippen LogP contribution in [-0.2, 0) is 15.4 Å². The summed E-state index contributed by atoms with van der Waals surface area (Å²) in [6.07, 6.45) is 0.610. The van der Waals surface area contributed by atoms with Crippen molar-refractivity contribution in [1.29, 1.82) is 0 Å². The third-order valence-electron chi connectivity index (χ3n) is 4.35. The van der Waals surface area contributed by atoms with Crippen LogP contribution in [0.1, 0.15) is 24.0 Å². The van der Waals surface area contributed by atoms with Crippen LogP contribution in [0.5, 0.6) is 0 Å². The first-order chi connectivity index (χ1) is 12.1. The van der Waals surface area contributed by atoms with E-state index in [1.165, 1.54) is 6.07 Å². The maximum Gasteiger partial charge on any atom is 0.458 e. The minimum atomic E-state index is -5.66. The average Bonchev–Trinajstić information content (AvgIpc) is 2.77. The van der Waals surface area contributed by atoms with Crippen molar-refractivity contribution in [1.82, 2.24) is 0 Å². The van der Waals surface area contributed by atoms with Crippen LogP contribution in [0, 0.1) is 5.41 Å². The molecule has 1 aromatic rings. The molecule has 0 fully saturated rings. The van der Waals surface area contributed by atoms with Crippen LogP contribution < -0.4 is 0 Å². The molecular formula is C18H20F5NO2. The smallest absolute Gasteiger partial charge is 0.385 e. The van der Waals surface area contributed by atoms with Gasteiger partial charge in [-0.15, -0.1) is 0 Å². The van der Waals surface area contributed by atoms with Gasteiger partial charge in [0.25, 0.3) is 0 Å². The van der Waals surface area contributed by atoms with Crippen LogP contribution in [0.3, 0.4) is 0 Å². The van der Waals surface area contributed by atoms with Gasteiger partial charge in [-0.1, -0.05) is 24.3 Å². The van der Waals surface area contributed by atoms with Crippen LogP contribution in [0.4, 0.5) is 27.6 Å². The predicted octanol–water partition coefficient (Wildman–Crippen LogP) is 5.13. The molecule has 0 spiro atoms. The van der Waals surface area contributed by atoms with E-state index in [4.69, 9.17) is 9.47 Å². The summed E-state index contributed by atoms with van der Waals surface area (Å²) in [6, 6.07) is 2.79. The molecule has 0 unspecified atom stereocenters. The van der Waals surface area contributed by atoms with Gasteiger partial charge in [0, 0.05) is 44.6 Å². The molecule has 0 bridgehead atoms. The van der Waals surface area contributed by atoms with Crippen molar-refractivity contribution >= 4 is 18.0 Å².